The summed E-state index contributed by atoms with van der Waals surface area (Å²) in [6, 6.07) is 7.52. The van der Waals surface area contributed by atoms with Gasteiger partial charge in [-0.05, 0) is 24.1 Å². The maximum atomic E-state index is 12.3. The van der Waals surface area contributed by atoms with E-state index in [4.69, 9.17) is 14.2 Å². The first-order valence-electron chi connectivity index (χ1n) is 9.16. The molecule has 162 valence electrons. The number of amides is 1. The van der Waals surface area contributed by atoms with Crippen molar-refractivity contribution in [1.29, 1.82) is 0 Å². The number of ether oxygens (including phenoxy) is 3. The molecule has 0 aliphatic carbocycles. The maximum Gasteiger partial charge on any atom is 0.348 e. The van der Waals surface area contributed by atoms with Crippen LogP contribution in [0.25, 0.3) is 10.9 Å². The fourth-order valence-corrected chi connectivity index (χ4v) is 4.16. The number of aromatic amines is 1. The molecule has 2 heterocycles. The molecule has 0 aliphatic heterocycles. The molecule has 2 aromatic heterocycles. The van der Waals surface area contributed by atoms with E-state index in [0.29, 0.717) is 5.56 Å². The lowest BCUT2D eigenvalue weighted by atomic mass is 10.1. The van der Waals surface area contributed by atoms with E-state index in [1.807, 2.05) is 24.3 Å². The second kappa shape index (κ2) is 9.43. The van der Waals surface area contributed by atoms with E-state index in [-0.39, 0.29) is 21.9 Å². The largest absolute Gasteiger partial charge is 0.465 e. The van der Waals surface area contributed by atoms with Crippen molar-refractivity contribution in [2.24, 2.45) is 0 Å². The lowest BCUT2D eigenvalue weighted by Gasteiger charge is -2.07. The summed E-state index contributed by atoms with van der Waals surface area (Å²) in [6.45, 7) is 0.998. The summed E-state index contributed by atoms with van der Waals surface area (Å²) in [5.74, 6) is -2.59. The Morgan fingerprint density at radius 1 is 1.06 bits per heavy atom. The molecule has 0 saturated heterocycles. The number of carbonyl (C=O) groups excluding carboxylic acids is 4. The predicted octanol–water partition coefficient (Wildman–Crippen LogP) is 2.84. The number of rotatable bonds is 7. The van der Waals surface area contributed by atoms with Gasteiger partial charge in [0.2, 0.25) is 0 Å². The highest BCUT2D eigenvalue weighted by Gasteiger charge is 2.27. The molecule has 1 aromatic carbocycles. The number of fused-ring (bicyclic) bond motifs is 1. The van der Waals surface area contributed by atoms with Crippen LogP contribution in [0, 0.1) is 6.92 Å². The Balaban J connectivity index is 1.65. The summed E-state index contributed by atoms with van der Waals surface area (Å²) in [4.78, 5) is 51.7. The first-order chi connectivity index (χ1) is 14.8. The average Bonchev–Trinajstić information content (AvgIpc) is 3.32. The van der Waals surface area contributed by atoms with Crippen molar-refractivity contribution in [1.82, 2.24) is 4.98 Å². The number of esters is 3. The van der Waals surface area contributed by atoms with E-state index in [1.54, 1.807) is 13.1 Å². The summed E-state index contributed by atoms with van der Waals surface area (Å²) in [5.41, 5.74) is 2.03. The van der Waals surface area contributed by atoms with Crippen LogP contribution in [-0.4, -0.2) is 49.6 Å². The van der Waals surface area contributed by atoms with Crippen molar-refractivity contribution in [2.75, 3.05) is 26.1 Å². The zero-order chi connectivity index (χ0) is 22.5. The van der Waals surface area contributed by atoms with Gasteiger partial charge in [0.1, 0.15) is 9.88 Å². The van der Waals surface area contributed by atoms with Crippen LogP contribution < -0.4 is 5.32 Å². The van der Waals surface area contributed by atoms with Crippen LogP contribution >= 0.6 is 11.3 Å². The van der Waals surface area contributed by atoms with Crippen LogP contribution in [0.3, 0.4) is 0 Å². The molecule has 0 spiro atoms. The number of H-pyrrole nitrogens is 1. The predicted molar refractivity (Wildman–Crippen MR) is 113 cm³/mol. The Morgan fingerprint density at radius 3 is 2.48 bits per heavy atom. The van der Waals surface area contributed by atoms with Crippen molar-refractivity contribution in [3.05, 3.63) is 52.0 Å². The zero-order valence-electron chi connectivity index (χ0n) is 17.1. The maximum absolute atomic E-state index is 12.3. The number of anilines is 1. The lowest BCUT2D eigenvalue weighted by molar-refractivity contribution is -0.146. The lowest BCUT2D eigenvalue weighted by Crippen LogP contribution is -2.22. The minimum absolute atomic E-state index is 0.00466. The van der Waals surface area contributed by atoms with Gasteiger partial charge in [0, 0.05) is 17.1 Å². The molecule has 3 aromatic rings. The number of hydrogen-bond acceptors (Lipinski definition) is 8. The Morgan fingerprint density at radius 2 is 1.77 bits per heavy atom. The molecule has 0 atom stereocenters. The van der Waals surface area contributed by atoms with Gasteiger partial charge in [-0.25, -0.2) is 9.59 Å². The summed E-state index contributed by atoms with van der Waals surface area (Å²) in [7, 11) is 2.40. The highest BCUT2D eigenvalue weighted by molar-refractivity contribution is 7.18. The van der Waals surface area contributed by atoms with E-state index in [2.05, 4.69) is 10.3 Å². The van der Waals surface area contributed by atoms with Crippen molar-refractivity contribution < 1.29 is 33.4 Å². The second-order valence-corrected chi connectivity index (χ2v) is 7.51. The van der Waals surface area contributed by atoms with E-state index >= 15 is 0 Å². The van der Waals surface area contributed by atoms with Crippen LogP contribution in [-0.2, 0) is 30.2 Å². The minimum atomic E-state index is -0.712. The molecule has 3 rings (SSSR count). The molecule has 0 unspecified atom stereocenters. The third kappa shape index (κ3) is 4.75. The van der Waals surface area contributed by atoms with Gasteiger partial charge in [-0.1, -0.05) is 18.2 Å². The summed E-state index contributed by atoms with van der Waals surface area (Å²) < 4.78 is 14.5. The fraction of sp³-hybridized carbons (Fsp3) is 0.238. The van der Waals surface area contributed by atoms with Gasteiger partial charge in [-0.3, -0.25) is 9.59 Å². The van der Waals surface area contributed by atoms with Crippen LogP contribution in [0.15, 0.2) is 30.5 Å². The third-order valence-corrected chi connectivity index (χ3v) is 5.72. The van der Waals surface area contributed by atoms with Crippen LogP contribution in [0.4, 0.5) is 5.00 Å². The van der Waals surface area contributed by atoms with E-state index in [9.17, 15) is 19.2 Å². The molecule has 31 heavy (non-hydrogen) atoms. The first-order valence-corrected chi connectivity index (χ1v) is 9.97. The van der Waals surface area contributed by atoms with Gasteiger partial charge >= 0.3 is 17.9 Å². The van der Waals surface area contributed by atoms with Gasteiger partial charge in [-0.15, -0.1) is 11.3 Å². The number of methoxy groups -OCH3 is 2. The molecule has 1 amide bonds. The number of aromatic nitrogens is 1. The topological polar surface area (TPSA) is 124 Å². The Bertz CT molecular complexity index is 1160. The third-order valence-electron chi connectivity index (χ3n) is 4.53. The molecule has 0 bridgehead atoms. The highest BCUT2D eigenvalue weighted by atomic mass is 32.1. The quantitative estimate of drug-likeness (QED) is 0.424. The molecule has 2 N–H and O–H groups in total. The van der Waals surface area contributed by atoms with E-state index in [1.165, 1.54) is 14.2 Å². The second-order valence-electron chi connectivity index (χ2n) is 6.49. The van der Waals surface area contributed by atoms with E-state index in [0.717, 1.165) is 27.8 Å². The average molecular weight is 444 g/mol. The van der Waals surface area contributed by atoms with Gasteiger partial charge in [0.15, 0.2) is 6.61 Å². The number of para-hydroxylation sites is 1. The molecule has 0 radical (unpaired) electrons. The van der Waals surface area contributed by atoms with Gasteiger partial charge in [0.05, 0.1) is 26.2 Å². The van der Waals surface area contributed by atoms with Gasteiger partial charge < -0.3 is 24.5 Å². The smallest absolute Gasteiger partial charge is 0.348 e. The number of carbonyl (C=O) groups is 4. The van der Waals surface area contributed by atoms with Crippen LogP contribution in [0.2, 0.25) is 0 Å². The molecule has 10 heteroatoms. The van der Waals surface area contributed by atoms with Gasteiger partial charge in [0.25, 0.3) is 5.91 Å². The number of nitrogens with one attached hydrogen (secondary N) is 2. The van der Waals surface area contributed by atoms with E-state index < -0.39 is 30.4 Å². The molecule has 9 nitrogen and oxygen atoms in total. The zero-order valence-corrected chi connectivity index (χ0v) is 17.9. The molecule has 0 aliphatic rings. The van der Waals surface area contributed by atoms with Crippen molar-refractivity contribution in [3.8, 4) is 0 Å². The highest BCUT2D eigenvalue weighted by Crippen LogP contribution is 2.34. The summed E-state index contributed by atoms with van der Waals surface area (Å²) in [5, 5.41) is 3.51. The van der Waals surface area contributed by atoms with Crippen LogP contribution in [0.1, 0.15) is 31.2 Å². The molecular weight excluding hydrogens is 424 g/mol. The normalized spacial score (nSPS) is 10.5. The SMILES string of the molecule is COC(=O)c1sc(NC(=O)COC(=O)Cc2c[nH]c3ccccc23)c(C(=O)OC)c1C. The van der Waals surface area contributed by atoms with Gasteiger partial charge in [-0.2, -0.15) is 0 Å². The standard InChI is InChI=1S/C21H20N2O7S/c1-11-17(20(26)28-2)19(31-18(11)21(27)29-3)23-15(24)10-30-16(25)8-12-9-22-14-7-5-4-6-13(12)14/h4-7,9,22H,8,10H2,1-3H3,(H,23,24). The summed E-state index contributed by atoms with van der Waals surface area (Å²) in [6.07, 6.45) is 1.71. The number of thiophene rings is 1. The fourth-order valence-electron chi connectivity index (χ4n) is 3.03. The van der Waals surface area contributed by atoms with Crippen molar-refractivity contribution in [3.63, 3.8) is 0 Å². The summed E-state index contributed by atoms with van der Waals surface area (Å²) >= 11 is 0.878. The Kier molecular flexibility index (Phi) is 6.71. The first kappa shape index (κ1) is 22.0. The van der Waals surface area contributed by atoms with Crippen LogP contribution in [0.5, 0.6) is 0 Å². The monoisotopic (exact) mass is 444 g/mol. The Labute approximate surface area is 181 Å². The Hall–Kier alpha value is -3.66. The number of benzene rings is 1. The molecule has 0 saturated carbocycles. The van der Waals surface area contributed by atoms with Crippen molar-refractivity contribution >= 4 is 51.1 Å². The molecular formula is C21H20N2O7S. The number of hydrogen-bond donors (Lipinski definition) is 2. The van der Waals surface area contributed by atoms with Crippen molar-refractivity contribution in [2.45, 2.75) is 13.3 Å². The minimum Gasteiger partial charge on any atom is -0.465 e. The molecule has 0 fully saturated rings.